The van der Waals surface area contributed by atoms with E-state index in [9.17, 15) is 0 Å². The summed E-state index contributed by atoms with van der Waals surface area (Å²) in [7, 11) is 3.28. The van der Waals surface area contributed by atoms with Gasteiger partial charge in [-0.3, -0.25) is 0 Å². The lowest BCUT2D eigenvalue weighted by molar-refractivity contribution is 0.354. The maximum absolute atomic E-state index is 5.34. The fourth-order valence-electron chi connectivity index (χ4n) is 2.59. The van der Waals surface area contributed by atoms with Crippen molar-refractivity contribution in [3.8, 4) is 22.8 Å². The summed E-state index contributed by atoms with van der Waals surface area (Å²) in [5.41, 5.74) is 3.15. The van der Waals surface area contributed by atoms with Gasteiger partial charge < -0.3 is 14.8 Å². The summed E-state index contributed by atoms with van der Waals surface area (Å²) in [6.07, 6.45) is 2.44. The van der Waals surface area contributed by atoms with E-state index in [0.29, 0.717) is 0 Å². The zero-order chi connectivity index (χ0) is 17.5. The van der Waals surface area contributed by atoms with Gasteiger partial charge in [0.1, 0.15) is 12.1 Å². The fraction of sp³-hybridized carbons (Fsp3) is 0.200. The van der Waals surface area contributed by atoms with Gasteiger partial charge in [-0.05, 0) is 24.1 Å². The lowest BCUT2D eigenvalue weighted by Gasteiger charge is -2.10. The lowest BCUT2D eigenvalue weighted by atomic mass is 10.1. The predicted molar refractivity (Wildman–Crippen MR) is 99.2 cm³/mol. The first-order valence-electron chi connectivity index (χ1n) is 8.12. The number of hydrogen-bond donors (Lipinski definition) is 1. The summed E-state index contributed by atoms with van der Waals surface area (Å²) in [5.74, 6) is 2.30. The second-order valence-corrected chi connectivity index (χ2v) is 5.52. The van der Waals surface area contributed by atoms with Crippen LogP contribution in [0.2, 0.25) is 0 Å². The molecular formula is C20H21N3O2. The molecule has 0 atom stereocenters. The van der Waals surface area contributed by atoms with Crippen molar-refractivity contribution in [3.63, 3.8) is 0 Å². The minimum atomic E-state index is 0.738. The van der Waals surface area contributed by atoms with Crippen molar-refractivity contribution in [2.24, 2.45) is 0 Å². The van der Waals surface area contributed by atoms with Gasteiger partial charge in [-0.2, -0.15) is 0 Å². The molecular weight excluding hydrogens is 314 g/mol. The Morgan fingerprint density at radius 1 is 0.880 bits per heavy atom. The summed E-state index contributed by atoms with van der Waals surface area (Å²) >= 11 is 0. The smallest absolute Gasteiger partial charge is 0.160 e. The molecule has 0 fully saturated rings. The van der Waals surface area contributed by atoms with Crippen LogP contribution in [0.5, 0.6) is 11.5 Å². The van der Waals surface area contributed by atoms with E-state index in [4.69, 9.17) is 9.47 Å². The monoisotopic (exact) mass is 335 g/mol. The van der Waals surface area contributed by atoms with Crippen LogP contribution in [0.3, 0.4) is 0 Å². The highest BCUT2D eigenvalue weighted by molar-refractivity contribution is 5.61. The van der Waals surface area contributed by atoms with Crippen LogP contribution in [0.4, 0.5) is 5.82 Å². The Kier molecular flexibility index (Phi) is 5.46. The van der Waals surface area contributed by atoms with Crippen molar-refractivity contribution in [2.75, 3.05) is 26.1 Å². The molecule has 3 rings (SSSR count). The zero-order valence-electron chi connectivity index (χ0n) is 14.4. The molecule has 0 amide bonds. The van der Waals surface area contributed by atoms with Crippen LogP contribution in [-0.4, -0.2) is 30.7 Å². The minimum absolute atomic E-state index is 0.738. The molecule has 0 aliphatic heterocycles. The van der Waals surface area contributed by atoms with E-state index in [1.807, 2.05) is 54.6 Å². The minimum Gasteiger partial charge on any atom is -0.493 e. The van der Waals surface area contributed by atoms with E-state index in [1.54, 1.807) is 20.5 Å². The van der Waals surface area contributed by atoms with Crippen molar-refractivity contribution in [2.45, 2.75) is 6.42 Å². The molecule has 0 unspecified atom stereocenters. The molecule has 1 aromatic heterocycles. The SMILES string of the molecule is COc1ccc(CCNc2cc(-c3ccccc3)ncn2)cc1OC. The number of ether oxygens (including phenoxy) is 2. The average molecular weight is 335 g/mol. The van der Waals surface area contributed by atoms with E-state index >= 15 is 0 Å². The van der Waals surface area contributed by atoms with E-state index in [0.717, 1.165) is 41.5 Å². The van der Waals surface area contributed by atoms with Gasteiger partial charge >= 0.3 is 0 Å². The molecule has 0 aliphatic carbocycles. The second kappa shape index (κ2) is 8.15. The topological polar surface area (TPSA) is 56.3 Å². The summed E-state index contributed by atoms with van der Waals surface area (Å²) < 4.78 is 10.6. The third-order valence-electron chi connectivity index (χ3n) is 3.90. The number of nitrogens with zero attached hydrogens (tertiary/aromatic N) is 2. The number of methoxy groups -OCH3 is 2. The average Bonchev–Trinajstić information content (AvgIpc) is 2.69. The van der Waals surface area contributed by atoms with Crippen LogP contribution in [-0.2, 0) is 6.42 Å². The number of nitrogens with one attached hydrogen (secondary N) is 1. The molecule has 5 heteroatoms. The molecule has 0 bridgehead atoms. The van der Waals surface area contributed by atoms with E-state index in [2.05, 4.69) is 15.3 Å². The second-order valence-electron chi connectivity index (χ2n) is 5.52. The zero-order valence-corrected chi connectivity index (χ0v) is 14.4. The quantitative estimate of drug-likeness (QED) is 0.711. The van der Waals surface area contributed by atoms with Crippen LogP contribution < -0.4 is 14.8 Å². The van der Waals surface area contributed by atoms with Crippen molar-refractivity contribution >= 4 is 5.82 Å². The highest BCUT2D eigenvalue weighted by atomic mass is 16.5. The molecule has 0 saturated heterocycles. The molecule has 2 aromatic carbocycles. The Bertz CT molecular complexity index is 822. The van der Waals surface area contributed by atoms with Gasteiger partial charge in [0.15, 0.2) is 11.5 Å². The molecule has 1 N–H and O–H groups in total. The third-order valence-corrected chi connectivity index (χ3v) is 3.90. The standard InChI is InChI=1S/C20H21N3O2/c1-24-18-9-8-15(12-19(18)25-2)10-11-21-20-13-17(22-14-23-20)16-6-4-3-5-7-16/h3-9,12-14H,10-11H2,1-2H3,(H,21,22,23). The molecule has 0 radical (unpaired) electrons. The van der Waals surface area contributed by atoms with E-state index < -0.39 is 0 Å². The number of aromatic nitrogens is 2. The van der Waals surface area contributed by atoms with Crippen LogP contribution in [0.15, 0.2) is 60.9 Å². The Balaban J connectivity index is 1.63. The van der Waals surface area contributed by atoms with Crippen molar-refractivity contribution in [3.05, 3.63) is 66.5 Å². The normalized spacial score (nSPS) is 10.3. The molecule has 5 nitrogen and oxygen atoms in total. The van der Waals surface area contributed by atoms with Gasteiger partial charge in [-0.1, -0.05) is 36.4 Å². The summed E-state index contributed by atoms with van der Waals surface area (Å²) in [6, 6.07) is 18.0. The third kappa shape index (κ3) is 4.26. The van der Waals surface area contributed by atoms with Crippen LogP contribution >= 0.6 is 0 Å². The van der Waals surface area contributed by atoms with Gasteiger partial charge in [0.2, 0.25) is 0 Å². The Labute approximate surface area is 147 Å². The van der Waals surface area contributed by atoms with E-state index in [-0.39, 0.29) is 0 Å². The van der Waals surface area contributed by atoms with Crippen LogP contribution in [0, 0.1) is 0 Å². The number of benzene rings is 2. The van der Waals surface area contributed by atoms with Gasteiger partial charge in [0.25, 0.3) is 0 Å². The summed E-state index contributed by atoms with van der Waals surface area (Å²) in [5, 5.41) is 3.35. The fourth-order valence-corrected chi connectivity index (χ4v) is 2.59. The van der Waals surface area contributed by atoms with Crippen LogP contribution in [0.1, 0.15) is 5.56 Å². The van der Waals surface area contributed by atoms with Gasteiger partial charge in [-0.25, -0.2) is 9.97 Å². The first-order valence-corrected chi connectivity index (χ1v) is 8.12. The van der Waals surface area contributed by atoms with E-state index in [1.165, 1.54) is 5.56 Å². The molecule has 0 aliphatic rings. The molecule has 3 aromatic rings. The first kappa shape index (κ1) is 16.8. The van der Waals surface area contributed by atoms with Crippen molar-refractivity contribution < 1.29 is 9.47 Å². The predicted octanol–water partition coefficient (Wildman–Crippen LogP) is 3.82. The summed E-state index contributed by atoms with van der Waals surface area (Å²) in [6.45, 7) is 0.765. The van der Waals surface area contributed by atoms with Gasteiger partial charge in [0, 0.05) is 18.2 Å². The van der Waals surface area contributed by atoms with Gasteiger partial charge in [0.05, 0.1) is 19.9 Å². The van der Waals surface area contributed by atoms with Crippen molar-refractivity contribution in [1.29, 1.82) is 0 Å². The number of anilines is 1. The highest BCUT2D eigenvalue weighted by Crippen LogP contribution is 2.27. The number of rotatable bonds is 7. The largest absolute Gasteiger partial charge is 0.493 e. The Hall–Kier alpha value is -3.08. The lowest BCUT2D eigenvalue weighted by Crippen LogP contribution is -2.07. The highest BCUT2D eigenvalue weighted by Gasteiger charge is 2.05. The maximum atomic E-state index is 5.34. The Morgan fingerprint density at radius 2 is 1.68 bits per heavy atom. The molecule has 1 heterocycles. The molecule has 0 spiro atoms. The maximum Gasteiger partial charge on any atom is 0.160 e. The van der Waals surface area contributed by atoms with Gasteiger partial charge in [-0.15, -0.1) is 0 Å². The molecule has 128 valence electrons. The molecule has 25 heavy (non-hydrogen) atoms. The number of hydrogen-bond acceptors (Lipinski definition) is 5. The summed E-state index contributed by atoms with van der Waals surface area (Å²) in [4.78, 5) is 8.63. The van der Waals surface area contributed by atoms with Crippen molar-refractivity contribution in [1.82, 2.24) is 9.97 Å². The first-order chi connectivity index (χ1) is 12.3. The Morgan fingerprint density at radius 3 is 2.44 bits per heavy atom. The van der Waals surface area contributed by atoms with Crippen LogP contribution in [0.25, 0.3) is 11.3 Å². The molecule has 0 saturated carbocycles.